The number of hydrogen-bond acceptors (Lipinski definition) is 1. The minimum atomic E-state index is -0.0568. The lowest BCUT2D eigenvalue weighted by molar-refractivity contribution is -0.914. The summed E-state index contributed by atoms with van der Waals surface area (Å²) in [4.78, 5) is 1.55. The summed E-state index contributed by atoms with van der Waals surface area (Å²) in [6.45, 7) is 5.47. The molecule has 1 aliphatic heterocycles. The minimum absolute atomic E-state index is 0.0568. The van der Waals surface area contributed by atoms with E-state index in [0.29, 0.717) is 12.0 Å². The molecule has 1 aliphatic rings. The van der Waals surface area contributed by atoms with Gasteiger partial charge in [-0.15, -0.1) is 0 Å². The second-order valence-corrected chi connectivity index (χ2v) is 3.60. The topological polar surface area (TPSA) is 24.7 Å². The summed E-state index contributed by atoms with van der Waals surface area (Å²) in [5, 5.41) is 9.45. The molecule has 2 nitrogen and oxygen atoms in total. The molecule has 1 saturated heterocycles. The van der Waals surface area contributed by atoms with Crippen molar-refractivity contribution < 1.29 is 10.0 Å². The summed E-state index contributed by atoms with van der Waals surface area (Å²) in [6.07, 6.45) is 0.913. The Kier molecular flexibility index (Phi) is 2.32. The monoisotopic (exact) mass is 144 g/mol. The number of quaternary nitrogens is 1. The van der Waals surface area contributed by atoms with Gasteiger partial charge in [0.15, 0.2) is 0 Å². The molecule has 0 aromatic heterocycles. The Bertz CT molecular complexity index is 102. The van der Waals surface area contributed by atoms with Crippen LogP contribution in [0.2, 0.25) is 0 Å². The molecule has 4 atom stereocenters. The van der Waals surface area contributed by atoms with E-state index in [1.807, 2.05) is 0 Å². The van der Waals surface area contributed by atoms with Gasteiger partial charge in [0, 0.05) is 12.3 Å². The van der Waals surface area contributed by atoms with Gasteiger partial charge in [-0.2, -0.15) is 0 Å². The highest BCUT2D eigenvalue weighted by Crippen LogP contribution is 2.12. The van der Waals surface area contributed by atoms with E-state index in [4.69, 9.17) is 0 Å². The van der Waals surface area contributed by atoms with E-state index in [-0.39, 0.29) is 6.10 Å². The molecule has 0 bridgehead atoms. The third-order valence-corrected chi connectivity index (χ3v) is 3.01. The molecule has 0 amide bonds. The van der Waals surface area contributed by atoms with Crippen LogP contribution in [0.4, 0.5) is 0 Å². The molecule has 1 heterocycles. The van der Waals surface area contributed by atoms with Gasteiger partial charge in [-0.25, -0.2) is 0 Å². The fourth-order valence-corrected chi connectivity index (χ4v) is 1.65. The van der Waals surface area contributed by atoms with Crippen LogP contribution in [-0.4, -0.2) is 30.8 Å². The standard InChI is InChI=1S/C8H17NO/c1-6-7(2)9(3)5-4-8(6)10/h6-8,10H,4-5H2,1-3H3/p+1/t6-,7+,8+/m0/s1. The van der Waals surface area contributed by atoms with Crippen LogP contribution in [0.15, 0.2) is 0 Å². The Labute approximate surface area is 62.8 Å². The van der Waals surface area contributed by atoms with E-state index < -0.39 is 0 Å². The number of piperidine rings is 1. The summed E-state index contributed by atoms with van der Waals surface area (Å²) in [6, 6.07) is 0.615. The quantitative estimate of drug-likeness (QED) is 0.461. The van der Waals surface area contributed by atoms with Crippen LogP contribution in [-0.2, 0) is 0 Å². The van der Waals surface area contributed by atoms with Crippen LogP contribution in [0, 0.1) is 5.92 Å². The summed E-state index contributed by atoms with van der Waals surface area (Å²) in [5.74, 6) is 0.466. The summed E-state index contributed by atoms with van der Waals surface area (Å²) in [7, 11) is 2.20. The molecule has 0 radical (unpaired) electrons. The van der Waals surface area contributed by atoms with E-state index >= 15 is 0 Å². The van der Waals surface area contributed by atoms with Gasteiger partial charge in [0.1, 0.15) is 0 Å². The zero-order valence-corrected chi connectivity index (χ0v) is 7.09. The van der Waals surface area contributed by atoms with E-state index in [2.05, 4.69) is 20.9 Å². The predicted molar refractivity (Wildman–Crippen MR) is 41.0 cm³/mol. The molecule has 60 valence electrons. The van der Waals surface area contributed by atoms with Crippen molar-refractivity contribution in [1.82, 2.24) is 0 Å². The highest BCUT2D eigenvalue weighted by molar-refractivity contribution is 4.72. The zero-order valence-electron chi connectivity index (χ0n) is 7.09. The fraction of sp³-hybridized carbons (Fsp3) is 1.00. The minimum Gasteiger partial charge on any atom is -0.392 e. The number of hydrogen-bond donors (Lipinski definition) is 2. The van der Waals surface area contributed by atoms with E-state index in [1.54, 1.807) is 4.90 Å². The average molecular weight is 144 g/mol. The molecule has 1 unspecified atom stereocenters. The zero-order chi connectivity index (χ0) is 7.72. The molecule has 2 heteroatoms. The van der Waals surface area contributed by atoms with Gasteiger partial charge in [-0.05, 0) is 6.92 Å². The first kappa shape index (κ1) is 8.02. The molecule has 0 aromatic rings. The lowest BCUT2D eigenvalue weighted by Crippen LogP contribution is -3.14. The predicted octanol–water partition coefficient (Wildman–Crippen LogP) is -0.710. The van der Waals surface area contributed by atoms with Crippen LogP contribution >= 0.6 is 0 Å². The van der Waals surface area contributed by atoms with E-state index in [0.717, 1.165) is 13.0 Å². The molecule has 0 aromatic carbocycles. The normalized spacial score (nSPS) is 49.2. The fourth-order valence-electron chi connectivity index (χ4n) is 1.65. The van der Waals surface area contributed by atoms with Crippen molar-refractivity contribution in [3.8, 4) is 0 Å². The highest BCUT2D eigenvalue weighted by Gasteiger charge is 2.31. The molecular weight excluding hydrogens is 126 g/mol. The van der Waals surface area contributed by atoms with Crippen LogP contribution in [0.1, 0.15) is 20.3 Å². The maximum absolute atomic E-state index is 9.45. The summed E-state index contributed by atoms with van der Waals surface area (Å²) >= 11 is 0. The molecule has 0 saturated carbocycles. The van der Waals surface area contributed by atoms with Crippen molar-refractivity contribution >= 4 is 0 Å². The molecule has 0 aliphatic carbocycles. The van der Waals surface area contributed by atoms with Crippen molar-refractivity contribution in [2.45, 2.75) is 32.4 Å². The van der Waals surface area contributed by atoms with Crippen molar-refractivity contribution in [1.29, 1.82) is 0 Å². The first-order valence-corrected chi connectivity index (χ1v) is 4.13. The molecular formula is C8H18NO+. The second-order valence-electron chi connectivity index (χ2n) is 3.60. The number of likely N-dealkylation sites (tertiary alicyclic amines) is 1. The van der Waals surface area contributed by atoms with Crippen molar-refractivity contribution in [2.24, 2.45) is 5.92 Å². The van der Waals surface area contributed by atoms with Gasteiger partial charge in [-0.1, -0.05) is 6.92 Å². The maximum Gasteiger partial charge on any atom is 0.0894 e. The number of aliphatic hydroxyl groups is 1. The van der Waals surface area contributed by atoms with E-state index in [1.165, 1.54) is 0 Å². The first-order chi connectivity index (χ1) is 4.63. The number of nitrogens with one attached hydrogen (secondary N) is 1. The third kappa shape index (κ3) is 1.32. The molecule has 1 rings (SSSR count). The third-order valence-electron chi connectivity index (χ3n) is 3.01. The van der Waals surface area contributed by atoms with Crippen molar-refractivity contribution in [3.63, 3.8) is 0 Å². The number of rotatable bonds is 0. The van der Waals surface area contributed by atoms with Gasteiger partial charge in [-0.3, -0.25) is 0 Å². The van der Waals surface area contributed by atoms with Gasteiger partial charge >= 0.3 is 0 Å². The Morgan fingerprint density at radius 3 is 2.50 bits per heavy atom. The smallest absolute Gasteiger partial charge is 0.0894 e. The molecule has 0 spiro atoms. The largest absolute Gasteiger partial charge is 0.392 e. The van der Waals surface area contributed by atoms with Crippen LogP contribution in [0.5, 0.6) is 0 Å². The lowest BCUT2D eigenvalue weighted by Gasteiger charge is -2.35. The van der Waals surface area contributed by atoms with Crippen LogP contribution in [0.25, 0.3) is 0 Å². The Morgan fingerprint density at radius 2 is 2.00 bits per heavy atom. The molecule has 1 fully saturated rings. The highest BCUT2D eigenvalue weighted by atomic mass is 16.3. The van der Waals surface area contributed by atoms with Crippen LogP contribution < -0.4 is 4.90 Å². The van der Waals surface area contributed by atoms with Gasteiger partial charge in [0.2, 0.25) is 0 Å². The lowest BCUT2D eigenvalue weighted by atomic mass is 9.90. The van der Waals surface area contributed by atoms with E-state index in [9.17, 15) is 5.11 Å². The molecule has 10 heavy (non-hydrogen) atoms. The second kappa shape index (κ2) is 2.89. The van der Waals surface area contributed by atoms with Crippen molar-refractivity contribution in [2.75, 3.05) is 13.6 Å². The summed E-state index contributed by atoms with van der Waals surface area (Å²) in [5.41, 5.74) is 0. The first-order valence-electron chi connectivity index (χ1n) is 4.13. The van der Waals surface area contributed by atoms with Gasteiger partial charge in [0.05, 0.1) is 25.7 Å². The average Bonchev–Trinajstić information content (AvgIpc) is 1.93. The molecule has 2 N–H and O–H groups in total. The van der Waals surface area contributed by atoms with Gasteiger partial charge in [0.25, 0.3) is 0 Å². The number of aliphatic hydroxyl groups excluding tert-OH is 1. The SMILES string of the molecule is C[C@@H]1[C@H](O)CC[NH+](C)[C@@H]1C. The summed E-state index contributed by atoms with van der Waals surface area (Å²) < 4.78 is 0. The van der Waals surface area contributed by atoms with Crippen molar-refractivity contribution in [3.05, 3.63) is 0 Å². The van der Waals surface area contributed by atoms with Crippen LogP contribution in [0.3, 0.4) is 0 Å². The Morgan fingerprint density at radius 1 is 1.40 bits per heavy atom. The Hall–Kier alpha value is -0.0800. The van der Waals surface area contributed by atoms with Gasteiger partial charge < -0.3 is 10.0 Å². The Balaban J connectivity index is 2.52. The maximum atomic E-state index is 9.45.